The van der Waals surface area contributed by atoms with E-state index >= 15 is 0 Å². The Labute approximate surface area is 118 Å². The lowest BCUT2D eigenvalue weighted by Crippen LogP contribution is -2.29. The summed E-state index contributed by atoms with van der Waals surface area (Å²) in [5.74, 6) is 1.11. The van der Waals surface area contributed by atoms with Gasteiger partial charge in [0.15, 0.2) is 0 Å². The van der Waals surface area contributed by atoms with Gasteiger partial charge in [-0.1, -0.05) is 18.2 Å². The van der Waals surface area contributed by atoms with Crippen LogP contribution in [0.3, 0.4) is 0 Å². The number of likely N-dealkylation sites (tertiary alicyclic amines) is 1. The number of benzene rings is 1. The van der Waals surface area contributed by atoms with Crippen molar-refractivity contribution in [2.45, 2.75) is 32.4 Å². The topological polar surface area (TPSA) is 38.1 Å². The maximum Gasteiger partial charge on any atom is 0.220 e. The van der Waals surface area contributed by atoms with Gasteiger partial charge >= 0.3 is 0 Å². The van der Waals surface area contributed by atoms with E-state index in [4.69, 9.17) is 4.98 Å². The van der Waals surface area contributed by atoms with Crippen molar-refractivity contribution < 1.29 is 4.79 Å². The first-order chi connectivity index (χ1) is 9.72. The van der Waals surface area contributed by atoms with E-state index < -0.39 is 0 Å². The van der Waals surface area contributed by atoms with Crippen LogP contribution >= 0.6 is 0 Å². The number of aromatic nitrogens is 2. The molecule has 0 saturated carbocycles. The van der Waals surface area contributed by atoms with E-state index in [1.54, 1.807) is 6.92 Å². The summed E-state index contributed by atoms with van der Waals surface area (Å²) >= 11 is 0. The molecule has 1 amide bonds. The molecule has 1 aliphatic rings. The zero-order chi connectivity index (χ0) is 14.1. The number of carbonyl (C=O) groups is 1. The van der Waals surface area contributed by atoms with Gasteiger partial charge in [0, 0.05) is 20.0 Å². The predicted octanol–water partition coefficient (Wildman–Crippen LogP) is 2.91. The fourth-order valence-corrected chi connectivity index (χ4v) is 3.08. The SMILES string of the molecule is C=CCn1c(C2CCCN2C(C)=O)nc2ccccc21. The van der Waals surface area contributed by atoms with Crippen LogP contribution in [0.4, 0.5) is 0 Å². The molecule has 20 heavy (non-hydrogen) atoms. The van der Waals surface area contributed by atoms with Gasteiger partial charge in [-0.3, -0.25) is 4.79 Å². The number of carbonyl (C=O) groups excluding carboxylic acids is 1. The average molecular weight is 269 g/mol. The summed E-state index contributed by atoms with van der Waals surface area (Å²) in [4.78, 5) is 18.5. The Balaban J connectivity index is 2.12. The van der Waals surface area contributed by atoms with Crippen LogP contribution < -0.4 is 0 Å². The Morgan fingerprint density at radius 3 is 3.05 bits per heavy atom. The zero-order valence-corrected chi connectivity index (χ0v) is 11.7. The second-order valence-electron chi connectivity index (χ2n) is 5.23. The normalized spacial score (nSPS) is 18.6. The number of nitrogens with zero attached hydrogens (tertiary/aromatic N) is 3. The summed E-state index contributed by atoms with van der Waals surface area (Å²) in [5, 5.41) is 0. The number of allylic oxidation sites excluding steroid dienone is 1. The van der Waals surface area contributed by atoms with Gasteiger partial charge in [-0.05, 0) is 25.0 Å². The lowest BCUT2D eigenvalue weighted by Gasteiger charge is -2.23. The molecule has 3 rings (SSSR count). The molecule has 0 aliphatic carbocycles. The van der Waals surface area contributed by atoms with Crippen molar-refractivity contribution in [1.82, 2.24) is 14.5 Å². The van der Waals surface area contributed by atoms with Gasteiger partial charge in [-0.15, -0.1) is 6.58 Å². The Hall–Kier alpha value is -2.10. The predicted molar refractivity (Wildman–Crippen MR) is 79.3 cm³/mol. The molecule has 4 nitrogen and oxygen atoms in total. The highest BCUT2D eigenvalue weighted by atomic mass is 16.2. The van der Waals surface area contributed by atoms with Gasteiger partial charge in [0.2, 0.25) is 5.91 Å². The van der Waals surface area contributed by atoms with Crippen molar-refractivity contribution in [3.05, 3.63) is 42.7 Å². The summed E-state index contributed by atoms with van der Waals surface area (Å²) in [7, 11) is 0. The third-order valence-corrected chi connectivity index (χ3v) is 3.95. The van der Waals surface area contributed by atoms with Crippen molar-refractivity contribution in [1.29, 1.82) is 0 Å². The van der Waals surface area contributed by atoms with Crippen molar-refractivity contribution in [2.24, 2.45) is 0 Å². The van der Waals surface area contributed by atoms with E-state index in [-0.39, 0.29) is 11.9 Å². The number of imidazole rings is 1. The summed E-state index contributed by atoms with van der Waals surface area (Å²) in [6, 6.07) is 8.20. The molecule has 0 spiro atoms. The lowest BCUT2D eigenvalue weighted by atomic mass is 10.2. The van der Waals surface area contributed by atoms with Crippen LogP contribution in [0.25, 0.3) is 11.0 Å². The molecule has 0 bridgehead atoms. The van der Waals surface area contributed by atoms with E-state index in [1.807, 2.05) is 29.2 Å². The van der Waals surface area contributed by atoms with Crippen LogP contribution in [0.1, 0.15) is 31.6 Å². The largest absolute Gasteiger partial charge is 0.333 e. The number of rotatable bonds is 3. The van der Waals surface area contributed by atoms with Crippen LogP contribution in [-0.4, -0.2) is 26.9 Å². The smallest absolute Gasteiger partial charge is 0.220 e. The molecule has 4 heteroatoms. The molecule has 1 unspecified atom stereocenters. The van der Waals surface area contributed by atoms with E-state index in [1.165, 1.54) is 0 Å². The van der Waals surface area contributed by atoms with Gasteiger partial charge < -0.3 is 9.47 Å². The fourth-order valence-electron chi connectivity index (χ4n) is 3.08. The van der Waals surface area contributed by atoms with E-state index in [0.717, 1.165) is 42.8 Å². The Morgan fingerprint density at radius 1 is 1.50 bits per heavy atom. The molecule has 0 radical (unpaired) electrons. The average Bonchev–Trinajstić information content (AvgIpc) is 3.04. The quantitative estimate of drug-likeness (QED) is 0.804. The number of amides is 1. The van der Waals surface area contributed by atoms with Gasteiger partial charge in [-0.2, -0.15) is 0 Å². The minimum atomic E-state index is 0.0971. The molecular formula is C16H19N3O. The summed E-state index contributed by atoms with van der Waals surface area (Å²) in [6.07, 6.45) is 3.91. The Morgan fingerprint density at radius 2 is 2.30 bits per heavy atom. The molecular weight excluding hydrogens is 250 g/mol. The maximum absolute atomic E-state index is 11.8. The van der Waals surface area contributed by atoms with Crippen LogP contribution in [0.15, 0.2) is 36.9 Å². The molecule has 1 saturated heterocycles. The van der Waals surface area contributed by atoms with Gasteiger partial charge in [-0.25, -0.2) is 4.98 Å². The van der Waals surface area contributed by atoms with Crippen LogP contribution in [0, 0.1) is 0 Å². The van der Waals surface area contributed by atoms with E-state index in [0.29, 0.717) is 0 Å². The van der Waals surface area contributed by atoms with Crippen LogP contribution in [0.2, 0.25) is 0 Å². The molecule has 1 fully saturated rings. The second kappa shape index (κ2) is 5.12. The van der Waals surface area contributed by atoms with E-state index in [2.05, 4.69) is 17.2 Å². The third kappa shape index (κ3) is 2.01. The highest BCUT2D eigenvalue weighted by Gasteiger charge is 2.31. The first-order valence-electron chi connectivity index (χ1n) is 7.05. The van der Waals surface area contributed by atoms with Crippen LogP contribution in [-0.2, 0) is 11.3 Å². The number of hydrogen-bond acceptors (Lipinski definition) is 2. The number of hydrogen-bond donors (Lipinski definition) is 0. The standard InChI is InChI=1S/C16H19N3O/c1-3-10-19-14-8-5-4-7-13(14)17-16(19)15-9-6-11-18(15)12(2)20/h3-5,7-8,15H,1,6,9-11H2,2H3. The number of para-hydroxylation sites is 2. The van der Waals surface area contributed by atoms with Crippen molar-refractivity contribution in [3.63, 3.8) is 0 Å². The van der Waals surface area contributed by atoms with Gasteiger partial charge in [0.05, 0.1) is 17.1 Å². The first kappa shape index (κ1) is 12.9. The lowest BCUT2D eigenvalue weighted by molar-refractivity contribution is -0.129. The van der Waals surface area contributed by atoms with Gasteiger partial charge in [0.25, 0.3) is 0 Å². The highest BCUT2D eigenvalue weighted by Crippen LogP contribution is 2.33. The second-order valence-corrected chi connectivity index (χ2v) is 5.23. The Kier molecular flexibility index (Phi) is 3.30. The highest BCUT2D eigenvalue weighted by molar-refractivity contribution is 5.77. The summed E-state index contributed by atoms with van der Waals surface area (Å²) in [6.45, 7) is 7.02. The summed E-state index contributed by atoms with van der Waals surface area (Å²) in [5.41, 5.74) is 2.09. The van der Waals surface area contributed by atoms with Crippen molar-refractivity contribution in [3.8, 4) is 0 Å². The minimum Gasteiger partial charge on any atom is -0.333 e. The first-order valence-corrected chi connectivity index (χ1v) is 7.05. The molecule has 1 aromatic carbocycles. The molecule has 2 heterocycles. The van der Waals surface area contributed by atoms with E-state index in [9.17, 15) is 4.79 Å². The monoisotopic (exact) mass is 269 g/mol. The fraction of sp³-hybridized carbons (Fsp3) is 0.375. The minimum absolute atomic E-state index is 0.0971. The third-order valence-electron chi connectivity index (χ3n) is 3.95. The molecule has 104 valence electrons. The molecule has 1 aromatic heterocycles. The maximum atomic E-state index is 11.8. The summed E-state index contributed by atoms with van der Waals surface area (Å²) < 4.78 is 2.17. The molecule has 2 aromatic rings. The van der Waals surface area contributed by atoms with Gasteiger partial charge in [0.1, 0.15) is 5.82 Å². The Bertz CT molecular complexity index is 659. The molecule has 1 atom stereocenters. The zero-order valence-electron chi connectivity index (χ0n) is 11.7. The molecule has 1 aliphatic heterocycles. The number of fused-ring (bicyclic) bond motifs is 1. The van der Waals surface area contributed by atoms with Crippen molar-refractivity contribution >= 4 is 16.9 Å². The van der Waals surface area contributed by atoms with Crippen LogP contribution in [0.5, 0.6) is 0 Å². The molecule has 0 N–H and O–H groups in total. The van der Waals surface area contributed by atoms with Crippen molar-refractivity contribution in [2.75, 3.05) is 6.54 Å².